The molecule has 15 heteroatoms. The zero-order valence-electron chi connectivity index (χ0n) is 30.5. The van der Waals surface area contributed by atoms with Crippen LogP contribution >= 0.6 is 11.8 Å². The number of rotatable bonds is 11. The number of halogens is 2. The average molecular weight is 766 g/mol. The molecule has 54 heavy (non-hydrogen) atoms. The Hall–Kier alpha value is -3.79. The van der Waals surface area contributed by atoms with Crippen LogP contribution in [-0.2, 0) is 20.1 Å². The van der Waals surface area contributed by atoms with E-state index in [1.165, 1.54) is 12.1 Å². The molecule has 3 aromatic rings. The highest BCUT2D eigenvalue weighted by molar-refractivity contribution is 7.99. The summed E-state index contributed by atoms with van der Waals surface area (Å²) in [7, 11) is 0. The van der Waals surface area contributed by atoms with Crippen molar-refractivity contribution in [3.63, 3.8) is 0 Å². The second-order valence-corrected chi connectivity index (χ2v) is 16.7. The summed E-state index contributed by atoms with van der Waals surface area (Å²) in [5.41, 5.74) is 0.983. The smallest absolute Gasteiger partial charge is 0.261 e. The van der Waals surface area contributed by atoms with E-state index in [0.29, 0.717) is 70.5 Å². The van der Waals surface area contributed by atoms with Gasteiger partial charge in [-0.2, -0.15) is 11.8 Å². The van der Waals surface area contributed by atoms with Crippen molar-refractivity contribution >= 4 is 45.9 Å². The molecule has 1 unspecified atom stereocenters. The number of thioether (sulfide) groups is 1. The van der Waals surface area contributed by atoms with Gasteiger partial charge in [0, 0.05) is 81.0 Å². The van der Waals surface area contributed by atoms with Gasteiger partial charge in [-0.05, 0) is 82.2 Å². The van der Waals surface area contributed by atoms with Gasteiger partial charge in [0.1, 0.15) is 34.6 Å². The number of H-pyrrole nitrogens is 1. The number of anilines is 2. The quantitative estimate of drug-likeness (QED) is 0.242. The molecule has 0 saturated carbocycles. The van der Waals surface area contributed by atoms with Gasteiger partial charge in [0.25, 0.3) is 5.56 Å². The summed E-state index contributed by atoms with van der Waals surface area (Å²) in [6.45, 7) is 7.72. The highest BCUT2D eigenvalue weighted by atomic mass is 32.2. The van der Waals surface area contributed by atoms with Crippen molar-refractivity contribution in [2.24, 2.45) is 5.92 Å². The molecule has 0 bridgehead atoms. The first-order valence-corrected chi connectivity index (χ1v) is 20.5. The van der Waals surface area contributed by atoms with Crippen LogP contribution in [0.2, 0.25) is 0 Å². The molecule has 5 aliphatic rings. The number of aromatic nitrogens is 2. The van der Waals surface area contributed by atoms with Crippen molar-refractivity contribution in [3.8, 4) is 5.75 Å². The van der Waals surface area contributed by atoms with Gasteiger partial charge in [-0.3, -0.25) is 29.5 Å². The minimum absolute atomic E-state index is 0.0302. The lowest BCUT2D eigenvalue weighted by Gasteiger charge is -2.52. The van der Waals surface area contributed by atoms with Crippen molar-refractivity contribution in [1.29, 1.82) is 0 Å². The fourth-order valence-corrected chi connectivity index (χ4v) is 9.57. The number of benzene rings is 2. The number of carbonyl (C=O) groups is 2. The number of nitrogens with zero attached hydrogens (tertiary/aromatic N) is 4. The lowest BCUT2D eigenvalue weighted by atomic mass is 9.92. The Balaban J connectivity index is 0.756. The molecule has 2 aromatic carbocycles. The van der Waals surface area contributed by atoms with Crippen molar-refractivity contribution in [3.05, 3.63) is 58.1 Å². The van der Waals surface area contributed by atoms with Crippen LogP contribution in [-0.4, -0.2) is 114 Å². The second-order valence-electron chi connectivity index (χ2n) is 15.4. The number of aromatic amines is 1. The van der Waals surface area contributed by atoms with Crippen molar-refractivity contribution < 1.29 is 27.8 Å². The Morgan fingerprint density at radius 3 is 2.41 bits per heavy atom. The van der Waals surface area contributed by atoms with E-state index in [9.17, 15) is 14.4 Å². The van der Waals surface area contributed by atoms with E-state index >= 15 is 8.78 Å². The second kappa shape index (κ2) is 16.5. The normalized spacial score (nSPS) is 23.1. The van der Waals surface area contributed by atoms with Gasteiger partial charge in [-0.25, -0.2) is 13.8 Å². The third-order valence-corrected chi connectivity index (χ3v) is 13.2. The largest absolute Gasteiger partial charge is 0.493 e. The topological polar surface area (TPSA) is 132 Å². The van der Waals surface area contributed by atoms with E-state index in [0.717, 1.165) is 91.0 Å². The zero-order valence-corrected chi connectivity index (χ0v) is 31.3. The molecule has 12 nitrogen and oxygen atoms in total. The van der Waals surface area contributed by atoms with Gasteiger partial charge in [-0.1, -0.05) is 0 Å². The average Bonchev–Trinajstić information content (AvgIpc) is 3.15. The molecule has 1 atom stereocenters. The molecular weight excluding hydrogens is 717 g/mol. The number of hydrogen-bond acceptors (Lipinski definition) is 11. The van der Waals surface area contributed by atoms with Crippen LogP contribution in [0.3, 0.4) is 0 Å². The Labute approximate surface area is 317 Å². The Morgan fingerprint density at radius 1 is 0.889 bits per heavy atom. The van der Waals surface area contributed by atoms with Crippen LogP contribution in [0.5, 0.6) is 5.75 Å². The van der Waals surface area contributed by atoms with E-state index < -0.39 is 17.4 Å². The predicted molar refractivity (Wildman–Crippen MR) is 204 cm³/mol. The third-order valence-electron chi connectivity index (χ3n) is 11.8. The van der Waals surface area contributed by atoms with E-state index in [4.69, 9.17) is 9.47 Å². The fraction of sp³-hybridized carbons (Fsp3) is 0.590. The summed E-state index contributed by atoms with van der Waals surface area (Å²) >= 11 is 1.75. The van der Waals surface area contributed by atoms with Gasteiger partial charge in [0.2, 0.25) is 11.8 Å². The maximum absolute atomic E-state index is 15.2. The molecule has 0 radical (unpaired) electrons. The molecule has 5 saturated heterocycles. The van der Waals surface area contributed by atoms with Crippen LogP contribution in [0.4, 0.5) is 20.2 Å². The summed E-state index contributed by atoms with van der Waals surface area (Å²) in [4.78, 5) is 50.9. The first kappa shape index (κ1) is 37.1. The molecular formula is C39H49F2N7O5S. The minimum atomic E-state index is -0.614. The summed E-state index contributed by atoms with van der Waals surface area (Å²) in [5.74, 6) is 0.319. The number of fused-ring (bicyclic) bond motifs is 1. The molecule has 6 heterocycles. The number of amides is 2. The Kier molecular flexibility index (Phi) is 11.4. The first-order valence-electron chi connectivity index (χ1n) is 19.4. The first-order chi connectivity index (χ1) is 26.3. The van der Waals surface area contributed by atoms with Gasteiger partial charge in [0.15, 0.2) is 0 Å². The van der Waals surface area contributed by atoms with E-state index in [1.807, 2.05) is 0 Å². The minimum Gasteiger partial charge on any atom is -0.493 e. The molecule has 5 fully saturated rings. The van der Waals surface area contributed by atoms with Crippen LogP contribution in [0.1, 0.15) is 57.2 Å². The Morgan fingerprint density at radius 2 is 1.67 bits per heavy atom. The summed E-state index contributed by atoms with van der Waals surface area (Å²) < 4.78 is 41.8. The molecule has 8 rings (SSSR count). The molecule has 0 spiro atoms. The molecule has 1 aromatic heterocycles. The van der Waals surface area contributed by atoms with E-state index in [2.05, 4.69) is 35.3 Å². The maximum Gasteiger partial charge on any atom is 0.261 e. The number of likely N-dealkylation sites (tertiary alicyclic amines) is 2. The number of ether oxygens (including phenoxy) is 2. The standard InChI is InChI=1S/C39H49F2N7O5S/c40-30-17-25(42-32-2-4-36(49)45-38(32)50)1-3-34(30)47-13-7-26(8-14-47)48-20-27(21-48)46-11-5-24(6-12-46)22-53-28-18-31(41)37-33(19-28)43-35(44-39(37)51)23-54-29-9-15-52-16-10-29/h1,3,17-19,24,26-27,29,32,42H,2,4-16,20-23H2,(H,43,44,51)(H,45,49,50). The fourth-order valence-electron chi connectivity index (χ4n) is 8.51. The van der Waals surface area contributed by atoms with Gasteiger partial charge in [0.05, 0.1) is 23.6 Å². The van der Waals surface area contributed by atoms with Crippen molar-refractivity contribution in [2.75, 3.05) is 69.3 Å². The van der Waals surface area contributed by atoms with Crippen LogP contribution < -0.4 is 25.8 Å². The number of piperidine rings is 3. The van der Waals surface area contributed by atoms with E-state index in [1.54, 1.807) is 30.0 Å². The highest BCUT2D eigenvalue weighted by Crippen LogP contribution is 2.32. The lowest BCUT2D eigenvalue weighted by molar-refractivity contribution is -0.133. The maximum atomic E-state index is 15.2. The predicted octanol–water partition coefficient (Wildman–Crippen LogP) is 4.27. The highest BCUT2D eigenvalue weighted by Gasteiger charge is 2.38. The number of hydrogen-bond donors (Lipinski definition) is 3. The van der Waals surface area contributed by atoms with E-state index in [-0.39, 0.29) is 29.4 Å². The molecule has 2 amide bonds. The molecule has 0 aliphatic carbocycles. The van der Waals surface area contributed by atoms with Gasteiger partial charge < -0.3 is 24.7 Å². The number of imide groups is 1. The summed E-state index contributed by atoms with van der Waals surface area (Å²) in [5, 5.41) is 5.82. The van der Waals surface area contributed by atoms with Crippen LogP contribution in [0.25, 0.3) is 10.9 Å². The number of nitrogens with one attached hydrogen (secondary N) is 3. The van der Waals surface area contributed by atoms with Crippen molar-refractivity contribution in [2.45, 2.75) is 80.5 Å². The summed E-state index contributed by atoms with van der Waals surface area (Å²) in [6, 6.07) is 8.51. The van der Waals surface area contributed by atoms with Gasteiger partial charge in [-0.15, -0.1) is 0 Å². The molecule has 5 aliphatic heterocycles. The third kappa shape index (κ3) is 8.53. The molecule has 3 N–H and O–H groups in total. The van der Waals surface area contributed by atoms with Crippen molar-refractivity contribution in [1.82, 2.24) is 25.1 Å². The lowest BCUT2D eigenvalue weighted by Crippen LogP contribution is -2.64. The van der Waals surface area contributed by atoms with Crippen LogP contribution in [0.15, 0.2) is 35.1 Å². The zero-order chi connectivity index (χ0) is 37.2. The molecule has 290 valence electrons. The monoisotopic (exact) mass is 765 g/mol. The summed E-state index contributed by atoms with van der Waals surface area (Å²) in [6.07, 6.45) is 6.62. The Bertz CT molecular complexity index is 1890. The van der Waals surface area contributed by atoms with Gasteiger partial charge >= 0.3 is 0 Å². The van der Waals surface area contributed by atoms with Crippen LogP contribution in [0, 0.1) is 17.6 Å². The SMILES string of the molecule is O=C1CCC(Nc2ccc(N3CCC(N4CC(N5CCC(COc6cc(F)c7c(=O)[nH]c(CSC8CCOCC8)nc7c6)CC5)C4)CC3)c(F)c2)C(=O)N1. The number of carbonyl (C=O) groups excluding carboxylic acids is 2.